The number of ketones is 1. The minimum Gasteiger partial charge on any atom is -0.305 e. The highest BCUT2D eigenvalue weighted by molar-refractivity contribution is 7.19. The molecule has 0 amide bonds. The van der Waals surface area contributed by atoms with Gasteiger partial charge in [-0.25, -0.2) is 9.18 Å². The topological polar surface area (TPSA) is 54.9 Å². The van der Waals surface area contributed by atoms with Crippen molar-refractivity contribution < 1.29 is 9.18 Å². The number of rotatable bonds is 5. The molecule has 0 saturated carbocycles. The van der Waals surface area contributed by atoms with E-state index >= 15 is 0 Å². The molecule has 4 nitrogen and oxygen atoms in total. The largest absolute Gasteiger partial charge is 0.330 e. The average molecular weight is 425 g/mol. The van der Waals surface area contributed by atoms with Crippen LogP contribution in [0, 0.1) is 5.82 Å². The maximum atomic E-state index is 13.0. The van der Waals surface area contributed by atoms with Crippen LogP contribution in [-0.4, -0.2) is 15.3 Å². The van der Waals surface area contributed by atoms with Crippen LogP contribution in [0.1, 0.15) is 15.9 Å². The first-order valence-corrected chi connectivity index (χ1v) is 9.85. The smallest absolute Gasteiger partial charge is 0.305 e. The highest BCUT2D eigenvalue weighted by Gasteiger charge is 2.11. The molecule has 2 aromatic heterocycles. The predicted octanol–water partition coefficient (Wildman–Crippen LogP) is 5.58. The lowest BCUT2D eigenvalue weighted by Crippen LogP contribution is -2.14. The number of benzene rings is 2. The molecule has 2 heterocycles. The van der Waals surface area contributed by atoms with Crippen LogP contribution in [0.5, 0.6) is 0 Å². The summed E-state index contributed by atoms with van der Waals surface area (Å²) >= 11 is 7.34. The first-order valence-electron chi connectivity index (χ1n) is 8.65. The van der Waals surface area contributed by atoms with Crippen molar-refractivity contribution in [1.82, 2.24) is 9.55 Å². The predicted molar refractivity (Wildman–Crippen MR) is 114 cm³/mol. The number of allylic oxidation sites excluding steroid dienone is 1. The summed E-state index contributed by atoms with van der Waals surface area (Å²) in [5.74, 6) is -0.549. The van der Waals surface area contributed by atoms with E-state index in [1.54, 1.807) is 54.7 Å². The first kappa shape index (κ1) is 19.1. The van der Waals surface area contributed by atoms with E-state index in [0.717, 1.165) is 10.4 Å². The van der Waals surface area contributed by atoms with Gasteiger partial charge in [0.2, 0.25) is 0 Å². The van der Waals surface area contributed by atoms with Crippen LogP contribution in [-0.2, 0) is 0 Å². The number of H-pyrrole nitrogens is 1. The van der Waals surface area contributed by atoms with Gasteiger partial charge in [-0.05, 0) is 48.0 Å². The molecule has 7 heteroatoms. The number of nitrogens with one attached hydrogen (secondary N) is 1. The molecule has 4 aromatic rings. The zero-order valence-electron chi connectivity index (χ0n) is 14.9. The van der Waals surface area contributed by atoms with Crippen molar-refractivity contribution in [3.05, 3.63) is 105 Å². The van der Waals surface area contributed by atoms with E-state index in [-0.39, 0.29) is 17.3 Å². The monoisotopic (exact) mass is 424 g/mol. The Morgan fingerprint density at radius 1 is 1.10 bits per heavy atom. The summed E-state index contributed by atoms with van der Waals surface area (Å²) in [5, 5.41) is 0. The second kappa shape index (κ2) is 8.03. The van der Waals surface area contributed by atoms with Crippen molar-refractivity contribution in [2.24, 2.45) is 0 Å². The molecule has 1 N–H and O–H groups in total. The number of carbonyl (C=O) groups is 1. The zero-order valence-corrected chi connectivity index (χ0v) is 16.5. The van der Waals surface area contributed by atoms with Gasteiger partial charge in [-0.2, -0.15) is 0 Å². The van der Waals surface area contributed by atoms with Gasteiger partial charge < -0.3 is 4.98 Å². The number of imidazole rings is 1. The highest BCUT2D eigenvalue weighted by atomic mass is 35.5. The quantitative estimate of drug-likeness (QED) is 0.335. The van der Waals surface area contributed by atoms with E-state index < -0.39 is 0 Å². The molecule has 4 rings (SSSR count). The van der Waals surface area contributed by atoms with Crippen LogP contribution in [0.2, 0.25) is 4.34 Å². The summed E-state index contributed by atoms with van der Waals surface area (Å²) in [4.78, 5) is 28.6. The van der Waals surface area contributed by atoms with Gasteiger partial charge in [0.25, 0.3) is 0 Å². The molecule has 0 aliphatic heterocycles. The number of thiophene rings is 1. The highest BCUT2D eigenvalue weighted by Crippen LogP contribution is 2.29. The van der Waals surface area contributed by atoms with E-state index in [0.29, 0.717) is 21.3 Å². The minimum absolute atomic E-state index is 0.218. The Kier molecular flexibility index (Phi) is 5.29. The Morgan fingerprint density at radius 3 is 2.62 bits per heavy atom. The van der Waals surface area contributed by atoms with E-state index in [1.165, 1.54) is 34.1 Å². The number of nitrogens with zero attached hydrogens (tertiary/aromatic N) is 1. The molecule has 144 valence electrons. The van der Waals surface area contributed by atoms with Crippen molar-refractivity contribution >= 4 is 34.8 Å². The zero-order chi connectivity index (χ0) is 20.4. The standard InChI is InChI=1S/C22H14ClFN2O2S/c23-21-11-10-20(29-21)18-13-26(22(28)25-18)17-3-1-2-15(12-17)19(27)9-6-14-4-7-16(24)8-5-14/h1-13H,(H,25,28)/b9-6+. The Balaban J connectivity index is 1.60. The van der Waals surface area contributed by atoms with Crippen molar-refractivity contribution in [2.45, 2.75) is 0 Å². The maximum absolute atomic E-state index is 13.0. The molecule has 0 fully saturated rings. The van der Waals surface area contributed by atoms with Gasteiger partial charge in [-0.15, -0.1) is 11.3 Å². The third-order valence-electron chi connectivity index (χ3n) is 4.26. The maximum Gasteiger partial charge on any atom is 0.330 e. The fraction of sp³-hybridized carbons (Fsp3) is 0. The van der Waals surface area contributed by atoms with Crippen LogP contribution in [0.25, 0.3) is 22.3 Å². The summed E-state index contributed by atoms with van der Waals surface area (Å²) in [6.07, 6.45) is 4.73. The van der Waals surface area contributed by atoms with E-state index in [9.17, 15) is 14.0 Å². The third kappa shape index (κ3) is 4.29. The number of hydrogen-bond acceptors (Lipinski definition) is 3. The molecule has 29 heavy (non-hydrogen) atoms. The molecule has 0 saturated heterocycles. The molecular weight excluding hydrogens is 411 g/mol. The lowest BCUT2D eigenvalue weighted by molar-refractivity contribution is 0.104. The molecule has 0 atom stereocenters. The lowest BCUT2D eigenvalue weighted by Gasteiger charge is -2.03. The van der Waals surface area contributed by atoms with Gasteiger partial charge in [-0.3, -0.25) is 9.36 Å². The summed E-state index contributed by atoms with van der Waals surface area (Å²) in [6.45, 7) is 0. The second-order valence-electron chi connectivity index (χ2n) is 6.25. The normalized spacial score (nSPS) is 11.2. The molecule has 0 aliphatic rings. The number of halogens is 2. The van der Waals surface area contributed by atoms with Crippen LogP contribution in [0.15, 0.2) is 77.7 Å². The fourth-order valence-corrected chi connectivity index (χ4v) is 3.83. The van der Waals surface area contributed by atoms with Crippen molar-refractivity contribution in [3.63, 3.8) is 0 Å². The Hall–Kier alpha value is -3.22. The summed E-state index contributed by atoms with van der Waals surface area (Å²) in [5.41, 5.74) is 2.07. The summed E-state index contributed by atoms with van der Waals surface area (Å²) in [7, 11) is 0. The Morgan fingerprint density at radius 2 is 1.90 bits per heavy atom. The van der Waals surface area contributed by atoms with E-state index in [4.69, 9.17) is 11.6 Å². The van der Waals surface area contributed by atoms with E-state index in [2.05, 4.69) is 4.98 Å². The lowest BCUT2D eigenvalue weighted by atomic mass is 10.1. The van der Waals surface area contributed by atoms with Crippen molar-refractivity contribution in [2.75, 3.05) is 0 Å². The number of carbonyl (C=O) groups excluding carboxylic acids is 1. The molecular formula is C22H14ClFN2O2S. The number of hydrogen-bond donors (Lipinski definition) is 1. The van der Waals surface area contributed by atoms with Crippen molar-refractivity contribution in [3.8, 4) is 16.3 Å². The molecule has 0 unspecified atom stereocenters. The van der Waals surface area contributed by atoms with Crippen molar-refractivity contribution in [1.29, 1.82) is 0 Å². The van der Waals surface area contributed by atoms with Gasteiger partial charge in [0.05, 0.1) is 20.6 Å². The first-order chi connectivity index (χ1) is 14.0. The fourth-order valence-electron chi connectivity index (χ4n) is 2.82. The van der Waals surface area contributed by atoms with Crippen LogP contribution in [0.3, 0.4) is 0 Å². The average Bonchev–Trinajstić information content (AvgIpc) is 3.33. The van der Waals surface area contributed by atoms with Gasteiger partial charge in [0.1, 0.15) is 5.82 Å². The van der Waals surface area contributed by atoms with Gasteiger partial charge in [0, 0.05) is 11.8 Å². The summed E-state index contributed by atoms with van der Waals surface area (Å²) in [6, 6.07) is 16.3. The Labute approximate surface area is 174 Å². The molecule has 0 aliphatic carbocycles. The molecule has 0 radical (unpaired) electrons. The summed E-state index contributed by atoms with van der Waals surface area (Å²) < 4.78 is 15.1. The van der Waals surface area contributed by atoms with Gasteiger partial charge in [0.15, 0.2) is 5.78 Å². The number of aromatic amines is 1. The number of aromatic nitrogens is 2. The van der Waals surface area contributed by atoms with Gasteiger partial charge >= 0.3 is 5.69 Å². The molecule has 0 spiro atoms. The van der Waals surface area contributed by atoms with E-state index in [1.807, 2.05) is 6.07 Å². The van der Waals surface area contributed by atoms with Crippen LogP contribution < -0.4 is 5.69 Å². The Bertz CT molecular complexity index is 1270. The molecule has 2 aromatic carbocycles. The SMILES string of the molecule is O=C(/C=C/c1ccc(F)cc1)c1cccc(-n2cc(-c3ccc(Cl)s3)[nH]c2=O)c1. The second-order valence-corrected chi connectivity index (χ2v) is 7.96. The molecule has 0 bridgehead atoms. The third-order valence-corrected chi connectivity index (χ3v) is 5.53. The van der Waals surface area contributed by atoms with Crippen LogP contribution in [0.4, 0.5) is 4.39 Å². The van der Waals surface area contributed by atoms with Gasteiger partial charge in [-0.1, -0.05) is 41.9 Å². The minimum atomic E-state index is -0.331. The van der Waals surface area contributed by atoms with Crippen LogP contribution >= 0.6 is 22.9 Å².